The van der Waals surface area contributed by atoms with E-state index in [-0.39, 0.29) is 17.5 Å². The molecule has 1 heterocycles. The van der Waals surface area contributed by atoms with Crippen LogP contribution in [0, 0.1) is 19.7 Å². The Kier molecular flexibility index (Phi) is 3.48. The number of rotatable bonds is 3. The van der Waals surface area contributed by atoms with Crippen molar-refractivity contribution in [2.45, 2.75) is 13.8 Å². The third-order valence-electron chi connectivity index (χ3n) is 2.77. The molecule has 0 amide bonds. The van der Waals surface area contributed by atoms with Crippen molar-refractivity contribution < 1.29 is 9.18 Å². The van der Waals surface area contributed by atoms with Gasteiger partial charge in [-0.05, 0) is 26.0 Å². The summed E-state index contributed by atoms with van der Waals surface area (Å²) < 4.78 is 15.1. The number of alkyl halides is 1. The van der Waals surface area contributed by atoms with Gasteiger partial charge in [0, 0.05) is 0 Å². The number of carbonyl (C=O) groups excluding carboxylic acids is 1. The van der Waals surface area contributed by atoms with Gasteiger partial charge >= 0.3 is 0 Å². The van der Waals surface area contributed by atoms with Crippen molar-refractivity contribution in [2.75, 3.05) is 5.88 Å². The zero-order chi connectivity index (χ0) is 13.3. The van der Waals surface area contributed by atoms with Gasteiger partial charge in [-0.15, -0.1) is 11.6 Å². The maximum absolute atomic E-state index is 13.7. The maximum Gasteiger partial charge on any atom is 0.181 e. The van der Waals surface area contributed by atoms with E-state index in [1.807, 2.05) is 0 Å². The lowest BCUT2D eigenvalue weighted by Gasteiger charge is -2.05. The van der Waals surface area contributed by atoms with Crippen molar-refractivity contribution in [3.63, 3.8) is 0 Å². The van der Waals surface area contributed by atoms with Gasteiger partial charge in [0.05, 0.1) is 22.8 Å². The molecule has 0 fully saturated rings. The molecule has 0 aliphatic rings. The first-order valence-electron chi connectivity index (χ1n) is 5.46. The van der Waals surface area contributed by atoms with Crippen LogP contribution in [0.25, 0.3) is 5.69 Å². The predicted molar refractivity (Wildman–Crippen MR) is 68.0 cm³/mol. The van der Waals surface area contributed by atoms with Crippen LogP contribution in [0.3, 0.4) is 0 Å². The highest BCUT2D eigenvalue weighted by molar-refractivity contribution is 6.30. The SMILES string of the molecule is Cc1nn(-c2ccccc2F)c(C)c1C(=O)CCl. The fourth-order valence-electron chi connectivity index (χ4n) is 1.97. The Balaban J connectivity index is 2.62. The molecule has 0 aliphatic heterocycles. The smallest absolute Gasteiger partial charge is 0.181 e. The highest BCUT2D eigenvalue weighted by Crippen LogP contribution is 2.20. The molecule has 0 saturated carbocycles. The minimum absolute atomic E-state index is 0.107. The third-order valence-corrected chi connectivity index (χ3v) is 3.01. The number of hydrogen-bond donors (Lipinski definition) is 0. The third kappa shape index (κ3) is 2.04. The van der Waals surface area contributed by atoms with Crippen LogP contribution >= 0.6 is 11.6 Å². The second-order valence-corrected chi connectivity index (χ2v) is 4.23. The van der Waals surface area contributed by atoms with Gasteiger partial charge in [-0.25, -0.2) is 9.07 Å². The average Bonchev–Trinajstić information content (AvgIpc) is 2.65. The Morgan fingerprint density at radius 1 is 1.39 bits per heavy atom. The van der Waals surface area contributed by atoms with Gasteiger partial charge in [0.15, 0.2) is 5.78 Å². The van der Waals surface area contributed by atoms with Crippen LogP contribution in [0.5, 0.6) is 0 Å². The van der Waals surface area contributed by atoms with Crippen molar-refractivity contribution in [1.29, 1.82) is 0 Å². The molecule has 0 unspecified atom stereocenters. The summed E-state index contributed by atoms with van der Waals surface area (Å²) in [6, 6.07) is 6.30. The summed E-state index contributed by atoms with van der Waals surface area (Å²) in [6.07, 6.45) is 0. The monoisotopic (exact) mass is 266 g/mol. The number of Topliss-reactive ketones (excluding diaryl/α,β-unsaturated/α-hetero) is 1. The van der Waals surface area contributed by atoms with Crippen LogP contribution < -0.4 is 0 Å². The van der Waals surface area contributed by atoms with Gasteiger partial charge in [-0.1, -0.05) is 12.1 Å². The van der Waals surface area contributed by atoms with E-state index in [2.05, 4.69) is 5.10 Å². The van der Waals surface area contributed by atoms with E-state index >= 15 is 0 Å². The van der Waals surface area contributed by atoms with Crippen molar-refractivity contribution in [2.24, 2.45) is 0 Å². The summed E-state index contributed by atoms with van der Waals surface area (Å²) in [5, 5.41) is 4.21. The second kappa shape index (κ2) is 4.90. The van der Waals surface area contributed by atoms with Gasteiger partial charge in [-0.3, -0.25) is 4.79 Å². The molecule has 0 saturated heterocycles. The molecule has 0 N–H and O–H groups in total. The number of halogens is 2. The molecule has 0 atom stereocenters. The van der Waals surface area contributed by atoms with Crippen LogP contribution in [-0.4, -0.2) is 21.4 Å². The maximum atomic E-state index is 13.7. The molecule has 3 nitrogen and oxygen atoms in total. The molecule has 1 aromatic heterocycles. The predicted octanol–water partition coefficient (Wildman–Crippen LogP) is 3.05. The van der Waals surface area contributed by atoms with E-state index < -0.39 is 0 Å². The van der Waals surface area contributed by atoms with E-state index in [1.54, 1.807) is 32.0 Å². The molecule has 2 rings (SSSR count). The lowest BCUT2D eigenvalue weighted by atomic mass is 10.1. The summed E-state index contributed by atoms with van der Waals surface area (Å²) >= 11 is 5.56. The van der Waals surface area contributed by atoms with Crippen molar-refractivity contribution in [3.05, 3.63) is 47.0 Å². The molecule has 0 bridgehead atoms. The van der Waals surface area contributed by atoms with Gasteiger partial charge in [0.1, 0.15) is 11.5 Å². The van der Waals surface area contributed by atoms with E-state index in [0.717, 1.165) is 0 Å². The minimum atomic E-state index is -0.382. The number of nitrogens with zero attached hydrogens (tertiary/aromatic N) is 2. The minimum Gasteiger partial charge on any atom is -0.293 e. The van der Waals surface area contributed by atoms with E-state index in [1.165, 1.54) is 10.7 Å². The molecule has 2 aromatic rings. The largest absolute Gasteiger partial charge is 0.293 e. The number of carbonyl (C=O) groups is 1. The van der Waals surface area contributed by atoms with Gasteiger partial charge in [0.2, 0.25) is 0 Å². The van der Waals surface area contributed by atoms with E-state index in [9.17, 15) is 9.18 Å². The normalized spacial score (nSPS) is 10.7. The fraction of sp³-hybridized carbons (Fsp3) is 0.231. The van der Waals surface area contributed by atoms with Crippen LogP contribution in [0.2, 0.25) is 0 Å². The topological polar surface area (TPSA) is 34.9 Å². The van der Waals surface area contributed by atoms with Crippen molar-refractivity contribution in [1.82, 2.24) is 9.78 Å². The van der Waals surface area contributed by atoms with Crippen molar-refractivity contribution >= 4 is 17.4 Å². The first-order chi connectivity index (χ1) is 8.56. The number of para-hydroxylation sites is 1. The van der Waals surface area contributed by atoms with Gasteiger partial charge in [0.25, 0.3) is 0 Å². The van der Waals surface area contributed by atoms with Crippen LogP contribution in [0.1, 0.15) is 21.7 Å². The van der Waals surface area contributed by atoms with Crippen LogP contribution in [0.4, 0.5) is 4.39 Å². The number of hydrogen-bond acceptors (Lipinski definition) is 2. The molecule has 0 radical (unpaired) electrons. The zero-order valence-corrected chi connectivity index (χ0v) is 10.8. The Labute approximate surface area is 109 Å². The summed E-state index contributed by atoms with van der Waals surface area (Å²) in [4.78, 5) is 11.7. The Morgan fingerprint density at radius 3 is 2.67 bits per heavy atom. The summed E-state index contributed by atoms with van der Waals surface area (Å²) in [5.41, 5.74) is 1.95. The summed E-state index contributed by atoms with van der Waals surface area (Å²) in [6.45, 7) is 3.44. The van der Waals surface area contributed by atoms with E-state index in [0.29, 0.717) is 22.6 Å². The van der Waals surface area contributed by atoms with Gasteiger partial charge in [-0.2, -0.15) is 5.10 Å². The van der Waals surface area contributed by atoms with Gasteiger partial charge < -0.3 is 0 Å². The first kappa shape index (κ1) is 12.8. The Morgan fingerprint density at radius 2 is 2.06 bits per heavy atom. The number of benzene rings is 1. The highest BCUT2D eigenvalue weighted by Gasteiger charge is 2.19. The lowest BCUT2D eigenvalue weighted by Crippen LogP contribution is -2.05. The number of ketones is 1. The number of aromatic nitrogens is 2. The second-order valence-electron chi connectivity index (χ2n) is 3.97. The van der Waals surface area contributed by atoms with Crippen LogP contribution in [0.15, 0.2) is 24.3 Å². The lowest BCUT2D eigenvalue weighted by molar-refractivity contribution is 0.102. The summed E-state index contributed by atoms with van der Waals surface area (Å²) in [5.74, 6) is -0.688. The molecule has 0 aliphatic carbocycles. The average molecular weight is 267 g/mol. The molecule has 18 heavy (non-hydrogen) atoms. The molecule has 5 heteroatoms. The molecule has 1 aromatic carbocycles. The van der Waals surface area contributed by atoms with E-state index in [4.69, 9.17) is 11.6 Å². The number of aryl methyl sites for hydroxylation is 1. The molecule has 0 spiro atoms. The fourth-order valence-corrected chi connectivity index (χ4v) is 2.10. The Bertz CT molecular complexity index is 607. The Hall–Kier alpha value is -1.68. The highest BCUT2D eigenvalue weighted by atomic mass is 35.5. The molecular weight excluding hydrogens is 255 g/mol. The van der Waals surface area contributed by atoms with Crippen LogP contribution in [-0.2, 0) is 0 Å². The molecular formula is C13H12ClFN2O. The summed E-state index contributed by atoms with van der Waals surface area (Å²) in [7, 11) is 0. The standard InChI is InChI=1S/C13H12ClFN2O/c1-8-13(12(18)7-14)9(2)17(16-8)11-6-4-3-5-10(11)15/h3-6H,7H2,1-2H3. The first-order valence-corrected chi connectivity index (χ1v) is 6.00. The molecule has 94 valence electrons. The van der Waals surface area contributed by atoms with Crippen molar-refractivity contribution in [3.8, 4) is 5.69 Å². The quantitative estimate of drug-likeness (QED) is 0.632. The zero-order valence-electron chi connectivity index (χ0n) is 10.1.